The maximum atomic E-state index is 12.1. The molecule has 0 aliphatic carbocycles. The van der Waals surface area contributed by atoms with Gasteiger partial charge < -0.3 is 10.0 Å². The number of aromatic amines is 1. The average molecular weight is 475 g/mol. The molecule has 0 amide bonds. The number of tetrazole rings is 1. The number of aryl methyl sites for hydroxylation is 1. The molecule has 0 atom stereocenters. The van der Waals surface area contributed by atoms with E-state index < -0.39 is 5.97 Å². The Hall–Kier alpha value is -4.08. The number of carboxylic acid groups (broad SMARTS) is 1. The number of aromatic nitrogens is 7. The van der Waals surface area contributed by atoms with Crippen molar-refractivity contribution in [2.24, 2.45) is 0 Å². The minimum Gasteiger partial charge on any atom is -0.476 e. The van der Waals surface area contributed by atoms with E-state index in [2.05, 4.69) is 69.0 Å². The van der Waals surface area contributed by atoms with Gasteiger partial charge in [0.2, 0.25) is 0 Å². The Bertz CT molecular complexity index is 1230. The Morgan fingerprint density at radius 1 is 1.00 bits per heavy atom. The standard InChI is InChI=1S/C25H30N8O2/c1-3-5-15-32(24-22(25(34)35)33(31-28-24)16-6-4-2)17-18-11-13-19(14-12-18)20-9-7-8-10-21(20)23-26-29-30-27-23/h7-14H,3-6,15-17H2,1-2H3,(H,34,35)(H,26,27,29,30). The molecule has 2 aromatic heterocycles. The lowest BCUT2D eigenvalue weighted by Gasteiger charge is -2.23. The van der Waals surface area contributed by atoms with E-state index >= 15 is 0 Å². The second-order valence-corrected chi connectivity index (χ2v) is 8.41. The summed E-state index contributed by atoms with van der Waals surface area (Å²) in [6.07, 6.45) is 3.73. The third-order valence-corrected chi connectivity index (χ3v) is 5.89. The van der Waals surface area contributed by atoms with Crippen molar-refractivity contribution in [3.8, 4) is 22.5 Å². The zero-order valence-corrected chi connectivity index (χ0v) is 20.1. The minimum absolute atomic E-state index is 0.153. The first-order chi connectivity index (χ1) is 17.1. The molecule has 0 bridgehead atoms. The van der Waals surface area contributed by atoms with Gasteiger partial charge in [0.15, 0.2) is 17.3 Å². The van der Waals surface area contributed by atoms with Crippen LogP contribution in [0, 0.1) is 0 Å². The Morgan fingerprint density at radius 3 is 2.40 bits per heavy atom. The maximum Gasteiger partial charge on any atom is 0.358 e. The topological polar surface area (TPSA) is 126 Å². The lowest BCUT2D eigenvalue weighted by molar-refractivity contribution is 0.0683. The molecular formula is C25H30N8O2. The summed E-state index contributed by atoms with van der Waals surface area (Å²) in [6.45, 7) is 5.97. The molecule has 10 nitrogen and oxygen atoms in total. The van der Waals surface area contributed by atoms with Gasteiger partial charge in [0, 0.05) is 25.2 Å². The van der Waals surface area contributed by atoms with Crippen molar-refractivity contribution in [2.75, 3.05) is 11.4 Å². The number of benzene rings is 2. The first-order valence-corrected chi connectivity index (χ1v) is 12.0. The van der Waals surface area contributed by atoms with Gasteiger partial charge in [-0.2, -0.15) is 0 Å². The molecule has 4 aromatic rings. The number of hydrogen-bond donors (Lipinski definition) is 2. The quantitative estimate of drug-likeness (QED) is 0.309. The van der Waals surface area contributed by atoms with Crippen LogP contribution in [-0.2, 0) is 13.1 Å². The van der Waals surface area contributed by atoms with E-state index in [1.807, 2.05) is 29.2 Å². The van der Waals surface area contributed by atoms with Crippen molar-refractivity contribution in [1.29, 1.82) is 0 Å². The predicted octanol–water partition coefficient (Wildman–Crippen LogP) is 4.43. The molecule has 0 saturated carbocycles. The molecule has 182 valence electrons. The Balaban J connectivity index is 1.60. The smallest absolute Gasteiger partial charge is 0.358 e. The summed E-state index contributed by atoms with van der Waals surface area (Å²) in [6, 6.07) is 16.2. The van der Waals surface area contributed by atoms with Crippen LogP contribution < -0.4 is 4.90 Å². The third-order valence-electron chi connectivity index (χ3n) is 5.89. The largest absolute Gasteiger partial charge is 0.476 e. The van der Waals surface area contributed by atoms with Crippen molar-refractivity contribution < 1.29 is 9.90 Å². The highest BCUT2D eigenvalue weighted by molar-refractivity contribution is 5.91. The van der Waals surface area contributed by atoms with Gasteiger partial charge in [0.05, 0.1) is 0 Å². The van der Waals surface area contributed by atoms with Crippen LogP contribution in [0.1, 0.15) is 55.6 Å². The van der Waals surface area contributed by atoms with Crippen molar-refractivity contribution >= 4 is 11.8 Å². The Labute approximate surface area is 204 Å². The molecule has 2 aromatic carbocycles. The zero-order valence-electron chi connectivity index (χ0n) is 20.1. The highest BCUT2D eigenvalue weighted by Crippen LogP contribution is 2.30. The van der Waals surface area contributed by atoms with Gasteiger partial charge >= 0.3 is 5.97 Å². The van der Waals surface area contributed by atoms with Crippen LogP contribution in [0.3, 0.4) is 0 Å². The van der Waals surface area contributed by atoms with E-state index in [9.17, 15) is 9.90 Å². The molecule has 0 radical (unpaired) electrons. The SMILES string of the molecule is CCCCN(Cc1ccc(-c2ccccc2-c2nnn[nH]2)cc1)c1nnn(CCCC)c1C(=O)O. The third kappa shape index (κ3) is 5.53. The van der Waals surface area contributed by atoms with Crippen LogP contribution in [0.2, 0.25) is 0 Å². The van der Waals surface area contributed by atoms with Gasteiger partial charge in [-0.1, -0.05) is 80.4 Å². The van der Waals surface area contributed by atoms with Crippen molar-refractivity contribution in [3.63, 3.8) is 0 Å². The lowest BCUT2D eigenvalue weighted by Crippen LogP contribution is -2.26. The molecule has 0 aliphatic heterocycles. The summed E-state index contributed by atoms with van der Waals surface area (Å²) in [5, 5.41) is 32.6. The number of carboxylic acids is 1. The van der Waals surface area contributed by atoms with Gasteiger partial charge in [-0.3, -0.25) is 0 Å². The van der Waals surface area contributed by atoms with Gasteiger partial charge in [-0.15, -0.1) is 10.2 Å². The maximum absolute atomic E-state index is 12.1. The van der Waals surface area contributed by atoms with Crippen molar-refractivity contribution in [2.45, 2.75) is 52.6 Å². The molecule has 0 spiro atoms. The number of H-pyrrole nitrogens is 1. The van der Waals surface area contributed by atoms with Crippen LogP contribution in [0.15, 0.2) is 48.5 Å². The summed E-state index contributed by atoms with van der Waals surface area (Å²) in [4.78, 5) is 14.1. The van der Waals surface area contributed by atoms with E-state index in [1.165, 1.54) is 4.68 Å². The summed E-state index contributed by atoms with van der Waals surface area (Å²) in [5.74, 6) is 0.0357. The van der Waals surface area contributed by atoms with Gasteiger partial charge in [-0.25, -0.2) is 14.6 Å². The van der Waals surface area contributed by atoms with Crippen molar-refractivity contribution in [1.82, 2.24) is 35.6 Å². The summed E-state index contributed by atoms with van der Waals surface area (Å²) in [5.41, 5.74) is 4.19. The minimum atomic E-state index is -1.00. The first kappa shape index (κ1) is 24.1. The summed E-state index contributed by atoms with van der Waals surface area (Å²) in [7, 11) is 0. The molecule has 2 heterocycles. The molecule has 4 rings (SSSR count). The van der Waals surface area contributed by atoms with Gasteiger partial charge in [-0.05, 0) is 40.0 Å². The van der Waals surface area contributed by atoms with Crippen LogP contribution in [0.4, 0.5) is 5.82 Å². The normalized spacial score (nSPS) is 11.0. The van der Waals surface area contributed by atoms with E-state index in [1.54, 1.807) is 0 Å². The number of anilines is 1. The lowest BCUT2D eigenvalue weighted by atomic mass is 9.98. The second-order valence-electron chi connectivity index (χ2n) is 8.41. The van der Waals surface area contributed by atoms with Crippen LogP contribution in [-0.4, -0.2) is 53.2 Å². The van der Waals surface area contributed by atoms with E-state index in [0.29, 0.717) is 31.3 Å². The fourth-order valence-electron chi connectivity index (χ4n) is 4.02. The molecule has 35 heavy (non-hydrogen) atoms. The molecular weight excluding hydrogens is 444 g/mol. The Morgan fingerprint density at radius 2 is 1.74 bits per heavy atom. The number of unbranched alkanes of at least 4 members (excludes halogenated alkanes) is 2. The van der Waals surface area contributed by atoms with Crippen LogP contribution in [0.25, 0.3) is 22.5 Å². The number of rotatable bonds is 12. The molecule has 2 N–H and O–H groups in total. The number of aromatic carboxylic acids is 1. The highest BCUT2D eigenvalue weighted by Gasteiger charge is 2.24. The highest BCUT2D eigenvalue weighted by atomic mass is 16.4. The van der Waals surface area contributed by atoms with Crippen LogP contribution >= 0.6 is 0 Å². The number of nitrogens with zero attached hydrogens (tertiary/aromatic N) is 7. The molecule has 0 aliphatic rings. The Kier molecular flexibility index (Phi) is 7.81. The molecule has 0 fully saturated rings. The van der Waals surface area contributed by atoms with Gasteiger partial charge in [0.1, 0.15) is 0 Å². The van der Waals surface area contributed by atoms with E-state index in [-0.39, 0.29) is 5.69 Å². The van der Waals surface area contributed by atoms with E-state index in [0.717, 1.165) is 47.9 Å². The first-order valence-electron chi connectivity index (χ1n) is 12.0. The monoisotopic (exact) mass is 474 g/mol. The van der Waals surface area contributed by atoms with E-state index in [4.69, 9.17) is 0 Å². The number of carbonyl (C=O) groups is 1. The average Bonchev–Trinajstić information content (AvgIpc) is 3.56. The zero-order chi connectivity index (χ0) is 24.6. The van der Waals surface area contributed by atoms with Gasteiger partial charge in [0.25, 0.3) is 0 Å². The fourth-order valence-corrected chi connectivity index (χ4v) is 4.02. The molecule has 0 unspecified atom stereocenters. The number of nitrogens with one attached hydrogen (secondary N) is 1. The summed E-state index contributed by atoms with van der Waals surface area (Å²) >= 11 is 0. The van der Waals surface area contributed by atoms with Crippen LogP contribution in [0.5, 0.6) is 0 Å². The summed E-state index contributed by atoms with van der Waals surface area (Å²) < 4.78 is 1.51. The predicted molar refractivity (Wildman–Crippen MR) is 133 cm³/mol. The van der Waals surface area contributed by atoms with Crippen molar-refractivity contribution in [3.05, 3.63) is 59.8 Å². The fraction of sp³-hybridized carbons (Fsp3) is 0.360. The second kappa shape index (κ2) is 11.4. The number of hydrogen-bond acceptors (Lipinski definition) is 7. The molecule has 10 heteroatoms. The molecule has 0 saturated heterocycles.